The van der Waals surface area contributed by atoms with Gasteiger partial charge in [0.05, 0.1) is 17.6 Å². The number of nitrogens with zero attached hydrogens (tertiary/aromatic N) is 2. The molecule has 148 valence electrons. The van der Waals surface area contributed by atoms with Crippen LogP contribution in [-0.4, -0.2) is 74.2 Å². The van der Waals surface area contributed by atoms with Crippen molar-refractivity contribution in [3.8, 4) is 5.75 Å². The highest BCUT2D eigenvalue weighted by atomic mass is 16.5. The second kappa shape index (κ2) is 8.71. The Bertz CT molecular complexity index is 665. The molecule has 0 unspecified atom stereocenters. The van der Waals surface area contributed by atoms with E-state index in [4.69, 9.17) is 15.2 Å². The third kappa shape index (κ3) is 4.09. The van der Waals surface area contributed by atoms with Gasteiger partial charge in [-0.2, -0.15) is 0 Å². The molecule has 7 nitrogen and oxygen atoms in total. The highest BCUT2D eigenvalue weighted by molar-refractivity contribution is 5.97. The fraction of sp³-hybridized carbons (Fsp3) is 0.600. The van der Waals surface area contributed by atoms with Crippen LogP contribution in [0.25, 0.3) is 0 Å². The van der Waals surface area contributed by atoms with Gasteiger partial charge < -0.3 is 25.0 Å². The number of piperazine rings is 1. The van der Waals surface area contributed by atoms with E-state index < -0.39 is 5.41 Å². The monoisotopic (exact) mass is 375 g/mol. The van der Waals surface area contributed by atoms with Crippen molar-refractivity contribution in [1.29, 1.82) is 0 Å². The molecule has 0 aromatic heterocycles. The fourth-order valence-electron chi connectivity index (χ4n) is 3.81. The molecule has 2 aliphatic heterocycles. The summed E-state index contributed by atoms with van der Waals surface area (Å²) in [5, 5.41) is 0. The van der Waals surface area contributed by atoms with Crippen molar-refractivity contribution in [2.45, 2.75) is 19.8 Å². The van der Waals surface area contributed by atoms with Crippen molar-refractivity contribution < 1.29 is 19.1 Å². The molecule has 1 aromatic carbocycles. The summed E-state index contributed by atoms with van der Waals surface area (Å²) in [5.74, 6) is 0.661. The van der Waals surface area contributed by atoms with Gasteiger partial charge in [0.25, 0.3) is 5.91 Å². The Hall–Kier alpha value is -2.12. The minimum absolute atomic E-state index is 0.0502. The van der Waals surface area contributed by atoms with Gasteiger partial charge in [-0.1, -0.05) is 12.1 Å². The number of ether oxygens (including phenoxy) is 2. The number of benzene rings is 1. The summed E-state index contributed by atoms with van der Waals surface area (Å²) in [6.07, 6.45) is 1.34. The molecule has 27 heavy (non-hydrogen) atoms. The zero-order chi connectivity index (χ0) is 19.3. The molecule has 7 heteroatoms. The lowest BCUT2D eigenvalue weighted by molar-refractivity contribution is -0.148. The first kappa shape index (κ1) is 19.6. The summed E-state index contributed by atoms with van der Waals surface area (Å²) in [6, 6.07) is 7.30. The third-order valence-electron chi connectivity index (χ3n) is 5.57. The Morgan fingerprint density at radius 2 is 1.74 bits per heavy atom. The normalized spacial score (nSPS) is 19.6. The molecule has 2 heterocycles. The predicted octanol–water partition coefficient (Wildman–Crippen LogP) is 1.13. The van der Waals surface area contributed by atoms with Crippen molar-refractivity contribution in [3.05, 3.63) is 29.8 Å². The summed E-state index contributed by atoms with van der Waals surface area (Å²) in [7, 11) is 0. The quantitative estimate of drug-likeness (QED) is 0.834. The van der Waals surface area contributed by atoms with Crippen LogP contribution in [0, 0.1) is 5.41 Å². The molecule has 2 aliphatic rings. The van der Waals surface area contributed by atoms with Crippen LogP contribution < -0.4 is 10.5 Å². The first-order valence-corrected chi connectivity index (χ1v) is 9.69. The Balaban J connectivity index is 1.63. The molecule has 2 amide bonds. The number of hydrogen-bond acceptors (Lipinski definition) is 5. The van der Waals surface area contributed by atoms with Crippen LogP contribution in [-0.2, 0) is 9.53 Å². The molecule has 1 aromatic rings. The SMILES string of the molecule is CCOc1ccccc1C(=O)N1CCN(C(=O)C2(CN)CCOCC2)CC1. The molecular weight excluding hydrogens is 346 g/mol. The highest BCUT2D eigenvalue weighted by Crippen LogP contribution is 2.32. The van der Waals surface area contributed by atoms with Gasteiger partial charge in [-0.3, -0.25) is 9.59 Å². The van der Waals surface area contributed by atoms with E-state index in [2.05, 4.69) is 0 Å². The molecule has 0 aliphatic carbocycles. The van der Waals surface area contributed by atoms with Crippen LogP contribution in [0.15, 0.2) is 24.3 Å². The first-order valence-electron chi connectivity index (χ1n) is 9.69. The smallest absolute Gasteiger partial charge is 0.257 e. The van der Waals surface area contributed by atoms with Crippen molar-refractivity contribution in [2.75, 3.05) is 52.5 Å². The fourth-order valence-corrected chi connectivity index (χ4v) is 3.81. The summed E-state index contributed by atoms with van der Waals surface area (Å²) in [5.41, 5.74) is 6.02. The van der Waals surface area contributed by atoms with E-state index in [1.807, 2.05) is 30.0 Å². The molecule has 0 spiro atoms. The summed E-state index contributed by atoms with van der Waals surface area (Å²) >= 11 is 0. The van der Waals surface area contributed by atoms with Crippen LogP contribution >= 0.6 is 0 Å². The van der Waals surface area contributed by atoms with E-state index in [1.54, 1.807) is 11.0 Å². The highest BCUT2D eigenvalue weighted by Gasteiger charge is 2.42. The number of nitrogens with two attached hydrogens (primary N) is 1. The lowest BCUT2D eigenvalue weighted by Crippen LogP contribution is -2.57. The molecule has 2 fully saturated rings. The van der Waals surface area contributed by atoms with Gasteiger partial charge >= 0.3 is 0 Å². The lowest BCUT2D eigenvalue weighted by atomic mass is 9.78. The van der Waals surface area contributed by atoms with Crippen molar-refractivity contribution >= 4 is 11.8 Å². The Morgan fingerprint density at radius 1 is 1.11 bits per heavy atom. The second-order valence-electron chi connectivity index (χ2n) is 7.11. The van der Waals surface area contributed by atoms with Gasteiger partial charge in [-0.05, 0) is 31.9 Å². The Labute approximate surface area is 160 Å². The standard InChI is InChI=1S/C20H29N3O4/c1-2-27-17-6-4-3-5-16(17)18(24)22-9-11-23(12-10-22)19(25)20(15-21)7-13-26-14-8-20/h3-6H,2,7-15,21H2,1H3. The number of para-hydroxylation sites is 1. The number of hydrogen-bond donors (Lipinski definition) is 1. The van der Waals surface area contributed by atoms with Crippen LogP contribution in [0.2, 0.25) is 0 Å². The van der Waals surface area contributed by atoms with E-state index in [-0.39, 0.29) is 11.8 Å². The van der Waals surface area contributed by atoms with Crippen LogP contribution in [0.5, 0.6) is 5.75 Å². The first-order chi connectivity index (χ1) is 13.1. The van der Waals surface area contributed by atoms with E-state index in [0.29, 0.717) is 76.7 Å². The van der Waals surface area contributed by atoms with Crippen molar-refractivity contribution in [1.82, 2.24) is 9.80 Å². The molecule has 0 radical (unpaired) electrons. The maximum Gasteiger partial charge on any atom is 0.257 e. The van der Waals surface area contributed by atoms with E-state index in [9.17, 15) is 9.59 Å². The molecule has 0 atom stereocenters. The lowest BCUT2D eigenvalue weighted by Gasteiger charge is -2.42. The molecule has 2 saturated heterocycles. The van der Waals surface area contributed by atoms with Gasteiger partial charge in [0.2, 0.25) is 5.91 Å². The Morgan fingerprint density at radius 3 is 2.37 bits per heavy atom. The molecule has 0 bridgehead atoms. The largest absolute Gasteiger partial charge is 0.493 e. The van der Waals surface area contributed by atoms with E-state index in [1.165, 1.54) is 0 Å². The van der Waals surface area contributed by atoms with Crippen molar-refractivity contribution in [2.24, 2.45) is 11.1 Å². The molecule has 0 saturated carbocycles. The van der Waals surface area contributed by atoms with Gasteiger partial charge in [-0.25, -0.2) is 0 Å². The Kier molecular flexibility index (Phi) is 6.34. The topological polar surface area (TPSA) is 85.1 Å². The third-order valence-corrected chi connectivity index (χ3v) is 5.57. The minimum Gasteiger partial charge on any atom is -0.493 e. The predicted molar refractivity (Wildman–Crippen MR) is 102 cm³/mol. The van der Waals surface area contributed by atoms with E-state index in [0.717, 1.165) is 0 Å². The number of rotatable bonds is 5. The molecule has 2 N–H and O–H groups in total. The number of amides is 2. The average Bonchev–Trinajstić information content (AvgIpc) is 2.74. The van der Waals surface area contributed by atoms with Gasteiger partial charge in [0, 0.05) is 45.9 Å². The summed E-state index contributed by atoms with van der Waals surface area (Å²) < 4.78 is 11.0. The van der Waals surface area contributed by atoms with Gasteiger partial charge in [-0.15, -0.1) is 0 Å². The zero-order valence-electron chi connectivity index (χ0n) is 16.0. The van der Waals surface area contributed by atoms with E-state index >= 15 is 0 Å². The number of carbonyl (C=O) groups is 2. The summed E-state index contributed by atoms with van der Waals surface area (Å²) in [6.45, 7) is 6.01. The van der Waals surface area contributed by atoms with Gasteiger partial charge in [0.15, 0.2) is 0 Å². The number of carbonyl (C=O) groups excluding carboxylic acids is 2. The van der Waals surface area contributed by atoms with Gasteiger partial charge in [0.1, 0.15) is 5.75 Å². The average molecular weight is 375 g/mol. The maximum absolute atomic E-state index is 13.1. The van der Waals surface area contributed by atoms with Crippen molar-refractivity contribution in [3.63, 3.8) is 0 Å². The maximum atomic E-state index is 13.1. The minimum atomic E-state index is -0.508. The van der Waals surface area contributed by atoms with Crippen LogP contribution in [0.1, 0.15) is 30.1 Å². The van der Waals surface area contributed by atoms with Crippen LogP contribution in [0.4, 0.5) is 0 Å². The van der Waals surface area contributed by atoms with Crippen LogP contribution in [0.3, 0.4) is 0 Å². The molecular formula is C20H29N3O4. The second-order valence-corrected chi connectivity index (χ2v) is 7.11. The molecule has 3 rings (SSSR count). The summed E-state index contributed by atoms with van der Waals surface area (Å²) in [4.78, 5) is 29.6. The zero-order valence-corrected chi connectivity index (χ0v) is 16.0.